The fourth-order valence-electron chi connectivity index (χ4n) is 0. The van der Waals surface area contributed by atoms with Crippen LogP contribution in [0.1, 0.15) is 0 Å². The van der Waals surface area contributed by atoms with Crippen LogP contribution in [-0.2, 0) is 3.80 Å². The molecule has 0 bridgehead atoms. The summed E-state index contributed by atoms with van der Waals surface area (Å²) in [5.74, 6) is 0. The van der Waals surface area contributed by atoms with E-state index in [-0.39, 0.29) is 56.1 Å². The van der Waals surface area contributed by atoms with Gasteiger partial charge in [0.25, 0.3) is 0 Å². The molecule has 0 aromatic carbocycles. The van der Waals surface area contributed by atoms with Gasteiger partial charge in [0.2, 0.25) is 0 Å². The first-order valence-electron chi connectivity index (χ1n) is 0.289. The molecule has 0 unspecified atom stereocenters. The average Bonchev–Trinajstić information content (AvgIpc) is 1.00. The van der Waals surface area contributed by atoms with Crippen molar-refractivity contribution in [3.8, 4) is 0 Å². The quantitative estimate of drug-likeness (QED) is 0.278. The molecular weight excluding hydrogens is 101 g/mol. The number of hydrogen-bond donors (Lipinski definition) is 0. The Hall–Kier alpha value is 1.90. The molecule has 0 N–H and O–H groups in total. The predicted octanol–water partition coefficient (Wildman–Crippen LogP) is -6.76. The molecule has 0 aliphatic carbocycles. The fourth-order valence-corrected chi connectivity index (χ4v) is 0. The Morgan fingerprint density at radius 1 is 1.25 bits per heavy atom. The van der Waals surface area contributed by atoms with Crippen LogP contribution in [0.15, 0.2) is 0 Å². The van der Waals surface area contributed by atoms with Gasteiger partial charge in [-0.25, -0.2) is 0 Å². The van der Waals surface area contributed by atoms with Crippen LogP contribution in [0.2, 0.25) is 0 Å². The molecule has 0 aliphatic heterocycles. The summed E-state index contributed by atoms with van der Waals surface area (Å²) in [6.07, 6.45) is 0. The molecule has 0 radical (unpaired) electrons. The van der Waals surface area contributed by atoms with Crippen LogP contribution in [0.3, 0.4) is 0 Å². The van der Waals surface area contributed by atoms with E-state index >= 15 is 0 Å². The van der Waals surface area contributed by atoms with Crippen LogP contribution in [0.5, 0.6) is 0 Å². The van der Waals surface area contributed by atoms with Crippen molar-refractivity contribution < 1.29 is 59.9 Å². The normalized spacial score (nSPS) is 0.750. The average molecular weight is 102 g/mol. The maximum absolute atomic E-state index is 8.28. The minimum absolute atomic E-state index is 0. The van der Waals surface area contributed by atoms with Gasteiger partial charge in [0, 0.05) is 0 Å². The third-order valence-electron chi connectivity index (χ3n) is 0. The van der Waals surface area contributed by atoms with Crippen molar-refractivity contribution in [3.05, 3.63) is 0 Å². The van der Waals surface area contributed by atoms with E-state index < -0.39 is 0 Å². The Morgan fingerprint density at radius 2 is 1.25 bits per heavy atom. The van der Waals surface area contributed by atoms with Gasteiger partial charge in [-0.2, -0.15) is 0 Å². The second-order valence-corrected chi connectivity index (χ2v) is 0. The van der Waals surface area contributed by atoms with Crippen molar-refractivity contribution in [2.75, 3.05) is 0 Å². The summed E-state index contributed by atoms with van der Waals surface area (Å²) in [5.41, 5.74) is 0. The van der Waals surface area contributed by atoms with Crippen molar-refractivity contribution in [1.29, 1.82) is 0 Å². The molecule has 0 amide bonds. The van der Waals surface area contributed by atoms with Gasteiger partial charge in [0.1, 0.15) is 0 Å². The zero-order valence-corrected chi connectivity index (χ0v) is 7.03. The number of hydrogen-bond acceptors (Lipinski definition) is 1. The molecule has 0 aromatic rings. The molecule has 0 atom stereocenters. The van der Waals surface area contributed by atoms with Gasteiger partial charge in [0.05, 0.1) is 0 Å². The monoisotopic (exact) mass is 102 g/mol. The van der Waals surface area contributed by atoms with E-state index in [0.717, 1.165) is 0 Å². The SMILES string of the molecule is [F-].[K+].[O]=[AlH]. The molecule has 0 saturated carbocycles. The van der Waals surface area contributed by atoms with Crippen molar-refractivity contribution >= 4 is 16.2 Å². The van der Waals surface area contributed by atoms with Gasteiger partial charge < -0.3 is 4.70 Å². The zero-order valence-electron chi connectivity index (χ0n) is 2.49. The summed E-state index contributed by atoms with van der Waals surface area (Å²) in [6, 6.07) is 0. The maximum atomic E-state index is 8.28. The summed E-state index contributed by atoms with van der Waals surface area (Å²) >= 11 is 0.611. The van der Waals surface area contributed by atoms with Crippen molar-refractivity contribution in [2.24, 2.45) is 0 Å². The first-order chi connectivity index (χ1) is 1.00. The molecule has 4 heteroatoms. The third-order valence-corrected chi connectivity index (χ3v) is 0. The van der Waals surface area contributed by atoms with E-state index in [0.29, 0.717) is 16.2 Å². The molecule has 0 spiro atoms. The zero-order chi connectivity index (χ0) is 2.00. The summed E-state index contributed by atoms with van der Waals surface area (Å²) in [5, 5.41) is 0. The Kier molecular flexibility index (Phi) is 87.0. The molecule has 1 nitrogen and oxygen atoms in total. The molecule has 0 saturated heterocycles. The molecule has 0 heterocycles. The molecule has 0 fully saturated rings. The Morgan fingerprint density at radius 3 is 1.25 bits per heavy atom. The van der Waals surface area contributed by atoms with Gasteiger partial charge >= 0.3 is 71.4 Å². The third kappa shape index (κ3) is 9.09. The Bertz CT molecular complexity index is 8.00. The molecule has 0 aliphatic rings. The van der Waals surface area contributed by atoms with Crippen LogP contribution < -0.4 is 56.1 Å². The first-order valence-corrected chi connectivity index (χ1v) is 0.866. The molecular formula is HAlFKO. The summed E-state index contributed by atoms with van der Waals surface area (Å²) in [4.78, 5) is 0. The Balaban J connectivity index is -0.00000000500. The second kappa shape index (κ2) is 20.7. The van der Waals surface area contributed by atoms with Crippen LogP contribution in [-0.4, -0.2) is 16.2 Å². The van der Waals surface area contributed by atoms with Gasteiger partial charge in [-0.15, -0.1) is 0 Å². The van der Waals surface area contributed by atoms with Gasteiger partial charge in [-0.05, 0) is 0 Å². The summed E-state index contributed by atoms with van der Waals surface area (Å²) < 4.78 is 8.28. The van der Waals surface area contributed by atoms with Crippen molar-refractivity contribution in [3.63, 3.8) is 0 Å². The molecule has 4 heavy (non-hydrogen) atoms. The van der Waals surface area contributed by atoms with Gasteiger partial charge in [-0.3, -0.25) is 0 Å². The van der Waals surface area contributed by atoms with E-state index in [1.54, 1.807) is 0 Å². The van der Waals surface area contributed by atoms with Crippen LogP contribution >= 0.6 is 0 Å². The molecule has 0 aromatic heterocycles. The molecule has 0 rings (SSSR count). The van der Waals surface area contributed by atoms with Crippen LogP contribution in [0, 0.1) is 0 Å². The predicted molar refractivity (Wildman–Crippen MR) is 7.84 cm³/mol. The number of rotatable bonds is 0. The second-order valence-electron chi connectivity index (χ2n) is 0. The van der Waals surface area contributed by atoms with E-state index in [9.17, 15) is 0 Å². The summed E-state index contributed by atoms with van der Waals surface area (Å²) in [6.45, 7) is 0. The minimum atomic E-state index is 0. The van der Waals surface area contributed by atoms with Gasteiger partial charge in [-0.1, -0.05) is 0 Å². The molecule has 18 valence electrons. The van der Waals surface area contributed by atoms with E-state index in [4.69, 9.17) is 3.80 Å². The van der Waals surface area contributed by atoms with Crippen molar-refractivity contribution in [1.82, 2.24) is 0 Å². The van der Waals surface area contributed by atoms with Gasteiger partial charge in [0.15, 0.2) is 0 Å². The van der Waals surface area contributed by atoms with E-state index in [1.165, 1.54) is 0 Å². The van der Waals surface area contributed by atoms with Crippen LogP contribution in [0.4, 0.5) is 0 Å². The van der Waals surface area contributed by atoms with Crippen molar-refractivity contribution in [2.45, 2.75) is 0 Å². The van der Waals surface area contributed by atoms with E-state index in [2.05, 4.69) is 0 Å². The van der Waals surface area contributed by atoms with Crippen LogP contribution in [0.25, 0.3) is 0 Å². The van der Waals surface area contributed by atoms with E-state index in [1.807, 2.05) is 0 Å². The number of halogens is 1. The Labute approximate surface area is 74.6 Å². The summed E-state index contributed by atoms with van der Waals surface area (Å²) in [7, 11) is 0. The first kappa shape index (κ1) is 16.8. The topological polar surface area (TPSA) is 17.1 Å². The fraction of sp³-hybridized carbons (Fsp3) is 0. The standard InChI is InChI=1S/Al.FH.K.O.H/h;1H;;;/q;;+1;;/p-1.